The zero-order valence-corrected chi connectivity index (χ0v) is 17.0. The van der Waals surface area contributed by atoms with Gasteiger partial charge in [0.05, 0.1) is 11.2 Å². The van der Waals surface area contributed by atoms with Crippen molar-refractivity contribution in [1.82, 2.24) is 0 Å². The first kappa shape index (κ1) is 19.0. The van der Waals surface area contributed by atoms with Crippen LogP contribution in [0.15, 0.2) is 48.5 Å². The summed E-state index contributed by atoms with van der Waals surface area (Å²) in [4.78, 5) is 3.78. The van der Waals surface area contributed by atoms with Crippen LogP contribution in [0.25, 0.3) is 4.85 Å². The molecule has 0 N–H and O–H groups in total. The van der Waals surface area contributed by atoms with Gasteiger partial charge in [-0.25, -0.2) is 6.57 Å². The molecule has 0 radical (unpaired) electrons. The van der Waals surface area contributed by atoms with Crippen molar-refractivity contribution >= 4 is 12.6 Å². The number of ether oxygens (including phenoxy) is 1. The van der Waals surface area contributed by atoms with Crippen molar-refractivity contribution < 1.29 is 14.0 Å². The van der Waals surface area contributed by atoms with Gasteiger partial charge >= 0.3 is 7.12 Å². The summed E-state index contributed by atoms with van der Waals surface area (Å²) in [6, 6.07) is 16.1. The second-order valence-corrected chi connectivity index (χ2v) is 8.79. The molecule has 28 heavy (non-hydrogen) atoms. The molecule has 2 aliphatic rings. The maximum Gasteiger partial charge on any atom is 0.494 e. The van der Waals surface area contributed by atoms with E-state index >= 15 is 0 Å². The summed E-state index contributed by atoms with van der Waals surface area (Å²) in [6.07, 6.45) is 1.95. The van der Waals surface area contributed by atoms with Crippen molar-refractivity contribution in [1.29, 1.82) is 0 Å². The smallest absolute Gasteiger partial charge is 0.489 e. The van der Waals surface area contributed by atoms with Crippen molar-refractivity contribution in [2.45, 2.75) is 63.9 Å². The Labute approximate surface area is 167 Å². The van der Waals surface area contributed by atoms with Gasteiger partial charge in [-0.3, -0.25) is 0 Å². The zero-order valence-electron chi connectivity index (χ0n) is 17.0. The lowest BCUT2D eigenvalue weighted by molar-refractivity contribution is 0.00578. The van der Waals surface area contributed by atoms with Crippen molar-refractivity contribution in [3.8, 4) is 5.75 Å². The molecule has 0 amide bonds. The van der Waals surface area contributed by atoms with Crippen LogP contribution >= 0.6 is 0 Å². The molecule has 144 valence electrons. The molecule has 0 unspecified atom stereocenters. The van der Waals surface area contributed by atoms with E-state index in [2.05, 4.69) is 56.8 Å². The van der Waals surface area contributed by atoms with Crippen LogP contribution in [0, 0.1) is 6.57 Å². The molecule has 1 aliphatic carbocycles. The average molecular weight is 375 g/mol. The number of rotatable bonds is 5. The maximum atomic E-state index is 7.36. The van der Waals surface area contributed by atoms with E-state index in [-0.39, 0.29) is 23.9 Å². The Kier molecular flexibility index (Phi) is 4.52. The highest BCUT2D eigenvalue weighted by Gasteiger charge is 2.52. The van der Waals surface area contributed by atoms with E-state index in [1.807, 2.05) is 24.3 Å². The summed E-state index contributed by atoms with van der Waals surface area (Å²) in [5.74, 6) is 0.809. The molecule has 1 heterocycles. The van der Waals surface area contributed by atoms with Gasteiger partial charge in [0.15, 0.2) is 0 Å². The second-order valence-electron chi connectivity index (χ2n) is 8.79. The van der Waals surface area contributed by atoms with Gasteiger partial charge in [-0.15, -0.1) is 0 Å². The largest absolute Gasteiger partial charge is 0.494 e. The van der Waals surface area contributed by atoms with Crippen molar-refractivity contribution in [2.75, 3.05) is 0 Å². The molecule has 0 aromatic heterocycles. The molecular formula is C23H26BNO3. The number of benzene rings is 2. The third-order valence-electron chi connectivity index (χ3n) is 6.24. The van der Waals surface area contributed by atoms with Crippen LogP contribution in [0.4, 0.5) is 0 Å². The normalized spacial score (nSPS) is 21.2. The Hall–Kier alpha value is -2.29. The molecule has 5 heteroatoms. The molecule has 4 rings (SSSR count). The summed E-state index contributed by atoms with van der Waals surface area (Å²) in [7, 11) is -0.358. The quantitative estimate of drug-likeness (QED) is 0.571. The van der Waals surface area contributed by atoms with Crippen molar-refractivity contribution in [2.24, 2.45) is 0 Å². The lowest BCUT2D eigenvalue weighted by Crippen LogP contribution is -2.41. The van der Waals surface area contributed by atoms with E-state index in [4.69, 9.17) is 20.6 Å². The Balaban J connectivity index is 1.36. The molecule has 1 saturated heterocycles. The van der Waals surface area contributed by atoms with E-state index in [0.29, 0.717) is 6.61 Å². The van der Waals surface area contributed by atoms with Gasteiger partial charge in [0, 0.05) is 18.4 Å². The second kappa shape index (κ2) is 6.65. The topological polar surface area (TPSA) is 32.0 Å². The predicted molar refractivity (Wildman–Crippen MR) is 110 cm³/mol. The number of hydrogen-bond acceptors (Lipinski definition) is 3. The molecule has 1 saturated carbocycles. The van der Waals surface area contributed by atoms with Crippen molar-refractivity contribution in [3.63, 3.8) is 0 Å². The first-order chi connectivity index (χ1) is 13.2. The Morgan fingerprint density at radius 1 is 0.929 bits per heavy atom. The van der Waals surface area contributed by atoms with Crippen LogP contribution in [0.3, 0.4) is 0 Å². The van der Waals surface area contributed by atoms with Gasteiger partial charge in [0.2, 0.25) is 0 Å². The van der Waals surface area contributed by atoms with Gasteiger partial charge in [0.1, 0.15) is 12.4 Å². The fraction of sp³-hybridized carbons (Fsp3) is 0.435. The van der Waals surface area contributed by atoms with Gasteiger partial charge in [0.25, 0.3) is 5.54 Å². The van der Waals surface area contributed by atoms with E-state index in [9.17, 15) is 0 Å². The summed E-state index contributed by atoms with van der Waals surface area (Å²) in [6.45, 7) is 16.1. The van der Waals surface area contributed by atoms with Crippen LogP contribution in [-0.4, -0.2) is 18.3 Å². The van der Waals surface area contributed by atoms with Crippen LogP contribution < -0.4 is 10.2 Å². The zero-order chi connectivity index (χ0) is 20.0. The van der Waals surface area contributed by atoms with E-state index in [0.717, 1.165) is 35.2 Å². The maximum absolute atomic E-state index is 7.36. The molecule has 0 bridgehead atoms. The SMILES string of the molecule is [C-]#[N+]C1(c2ccc(COc3ccc(B4OC(C)(C)C(C)(C)O4)cc3)cc2)CC1. The highest BCUT2D eigenvalue weighted by Crippen LogP contribution is 2.49. The highest BCUT2D eigenvalue weighted by atomic mass is 16.7. The molecule has 4 nitrogen and oxygen atoms in total. The van der Waals surface area contributed by atoms with E-state index in [1.165, 1.54) is 0 Å². The van der Waals surface area contributed by atoms with Gasteiger partial charge in [-0.1, -0.05) is 36.4 Å². The Morgan fingerprint density at radius 3 is 2.00 bits per heavy atom. The van der Waals surface area contributed by atoms with Gasteiger partial charge < -0.3 is 18.9 Å². The monoisotopic (exact) mass is 375 g/mol. The number of nitrogens with zero attached hydrogens (tertiary/aromatic N) is 1. The minimum atomic E-state index is -0.358. The Morgan fingerprint density at radius 2 is 1.50 bits per heavy atom. The number of hydrogen-bond donors (Lipinski definition) is 0. The average Bonchev–Trinajstić information content (AvgIpc) is 3.43. The summed E-state index contributed by atoms with van der Waals surface area (Å²) in [5.41, 5.74) is 2.28. The fourth-order valence-corrected chi connectivity index (χ4v) is 3.36. The van der Waals surface area contributed by atoms with Crippen LogP contribution in [-0.2, 0) is 21.5 Å². The lowest BCUT2D eigenvalue weighted by atomic mass is 9.79. The van der Waals surface area contributed by atoms with E-state index in [1.54, 1.807) is 0 Å². The molecular weight excluding hydrogens is 349 g/mol. The predicted octanol–water partition coefficient (Wildman–Crippen LogP) is 4.47. The molecule has 1 aliphatic heterocycles. The molecule has 0 atom stereocenters. The standard InChI is InChI=1S/C23H26BNO3/c1-21(2)22(3,4)28-24(27-21)19-10-12-20(13-11-19)26-16-17-6-8-18(9-7-17)23(25-5)14-15-23/h6-13H,14-16H2,1-4H3. The minimum Gasteiger partial charge on any atom is -0.489 e. The van der Waals surface area contributed by atoms with E-state index < -0.39 is 0 Å². The Bertz CT molecular complexity index is 877. The summed E-state index contributed by atoms with van der Waals surface area (Å²) < 4.78 is 18.1. The summed E-state index contributed by atoms with van der Waals surface area (Å²) >= 11 is 0. The molecule has 0 spiro atoms. The highest BCUT2D eigenvalue weighted by molar-refractivity contribution is 6.62. The first-order valence-electron chi connectivity index (χ1n) is 9.81. The van der Waals surface area contributed by atoms with Crippen molar-refractivity contribution in [3.05, 3.63) is 71.1 Å². The van der Waals surface area contributed by atoms with Crippen LogP contribution in [0.2, 0.25) is 0 Å². The fourth-order valence-electron chi connectivity index (χ4n) is 3.36. The first-order valence-corrected chi connectivity index (χ1v) is 9.81. The molecule has 2 aromatic carbocycles. The third kappa shape index (κ3) is 3.43. The van der Waals surface area contributed by atoms with Gasteiger partial charge in [-0.2, -0.15) is 0 Å². The summed E-state index contributed by atoms with van der Waals surface area (Å²) in [5, 5.41) is 0. The van der Waals surface area contributed by atoms with Crippen LogP contribution in [0.5, 0.6) is 5.75 Å². The van der Waals surface area contributed by atoms with Gasteiger partial charge in [-0.05, 0) is 50.9 Å². The lowest BCUT2D eigenvalue weighted by Gasteiger charge is -2.32. The molecule has 2 fully saturated rings. The molecule has 2 aromatic rings. The third-order valence-corrected chi connectivity index (χ3v) is 6.24. The van der Waals surface area contributed by atoms with Crippen LogP contribution in [0.1, 0.15) is 51.7 Å². The minimum absolute atomic E-state index is 0.247.